The van der Waals surface area contributed by atoms with E-state index in [1.165, 1.54) is 47.0 Å². The van der Waals surface area contributed by atoms with E-state index in [9.17, 15) is 18.0 Å². The Morgan fingerprint density at radius 1 is 1.04 bits per heavy atom. The molecule has 4 aromatic rings. The summed E-state index contributed by atoms with van der Waals surface area (Å²) in [6, 6.07) is 19.1. The van der Waals surface area contributed by atoms with Crippen LogP contribution in [0.2, 0.25) is 0 Å². The molecule has 13 heteroatoms. The SMILES string of the molecule is COc1ccc(C(C)C)c(N2C(=O)CSC2=NC(=S)CCCCc2ccc(-c3ncn(-c4ccc(OC(F)(F)F)cc4)n3)cc2)c1. The molecule has 8 nitrogen and oxygen atoms in total. The third kappa shape index (κ3) is 8.32. The molecule has 1 fully saturated rings. The lowest BCUT2D eigenvalue weighted by Gasteiger charge is -2.22. The molecule has 1 aliphatic heterocycles. The molecule has 0 N–H and O–H groups in total. The van der Waals surface area contributed by atoms with Crippen LogP contribution in [0.25, 0.3) is 17.1 Å². The van der Waals surface area contributed by atoms with Crippen LogP contribution in [-0.4, -0.2) is 50.1 Å². The van der Waals surface area contributed by atoms with Crippen molar-refractivity contribution in [2.24, 2.45) is 4.99 Å². The van der Waals surface area contributed by atoms with Crippen molar-refractivity contribution in [1.82, 2.24) is 14.8 Å². The highest BCUT2D eigenvalue weighted by Crippen LogP contribution is 2.36. The molecule has 0 spiro atoms. The van der Waals surface area contributed by atoms with Gasteiger partial charge in [-0.1, -0.05) is 68.2 Å². The number of amides is 1. The number of benzene rings is 3. The molecule has 5 rings (SSSR count). The number of ether oxygens (including phenoxy) is 2. The van der Waals surface area contributed by atoms with Crippen LogP contribution in [-0.2, 0) is 11.2 Å². The highest BCUT2D eigenvalue weighted by atomic mass is 32.2. The Bertz CT molecular complexity index is 1720. The summed E-state index contributed by atoms with van der Waals surface area (Å²) >= 11 is 7.00. The van der Waals surface area contributed by atoms with E-state index in [0.29, 0.717) is 39.6 Å². The molecular formula is C33H32F3N5O3S2. The smallest absolute Gasteiger partial charge is 0.497 e. The van der Waals surface area contributed by atoms with E-state index in [-0.39, 0.29) is 17.6 Å². The Morgan fingerprint density at radius 3 is 2.43 bits per heavy atom. The number of unbranched alkanes of at least 4 members (excludes halogenated alkanes) is 1. The second-order valence-corrected chi connectivity index (χ2v) is 12.3. The van der Waals surface area contributed by atoms with E-state index in [0.717, 1.165) is 41.6 Å². The number of methoxy groups -OCH3 is 1. The number of aliphatic imine (C=N–C) groups is 1. The quantitative estimate of drug-likeness (QED) is 0.118. The molecule has 1 saturated heterocycles. The molecule has 0 unspecified atom stereocenters. The second-order valence-electron chi connectivity index (χ2n) is 10.8. The van der Waals surface area contributed by atoms with Gasteiger partial charge in [0.1, 0.15) is 22.8 Å². The average molecular weight is 668 g/mol. The van der Waals surface area contributed by atoms with Crippen molar-refractivity contribution in [3.05, 3.63) is 84.2 Å². The maximum absolute atomic E-state index is 12.9. The first-order chi connectivity index (χ1) is 22.0. The van der Waals surface area contributed by atoms with Crippen LogP contribution in [0, 0.1) is 0 Å². The normalized spacial score (nSPS) is 14.4. The standard InChI is InChI=1S/C33H32F3N5O3S2/c1-21(2)27-17-16-26(43-3)18-28(27)41-30(42)19-46-32(41)38-29(45)7-5-4-6-22-8-10-23(11-9-22)31-37-20-40(39-31)24-12-14-25(15-13-24)44-33(34,35)36/h8-18,20-21H,4-7,19H2,1-3H3. The van der Waals surface area contributed by atoms with Gasteiger partial charge >= 0.3 is 6.36 Å². The van der Waals surface area contributed by atoms with E-state index < -0.39 is 6.36 Å². The number of halogens is 3. The second kappa shape index (κ2) is 14.5. The molecule has 1 aliphatic rings. The third-order valence-corrected chi connectivity index (χ3v) is 8.45. The first kappa shape index (κ1) is 33.1. The summed E-state index contributed by atoms with van der Waals surface area (Å²) in [5.74, 6) is 1.38. The summed E-state index contributed by atoms with van der Waals surface area (Å²) in [4.78, 5) is 24.1. The van der Waals surface area contributed by atoms with Gasteiger partial charge in [0, 0.05) is 18.1 Å². The Hall–Kier alpha value is -4.23. The lowest BCUT2D eigenvalue weighted by Crippen LogP contribution is -2.31. The van der Waals surface area contributed by atoms with Crippen molar-refractivity contribution in [2.75, 3.05) is 17.8 Å². The molecule has 0 radical (unpaired) electrons. The number of thioether (sulfide) groups is 1. The lowest BCUT2D eigenvalue weighted by atomic mass is 10.00. The van der Waals surface area contributed by atoms with Crippen molar-refractivity contribution in [1.29, 1.82) is 0 Å². The Morgan fingerprint density at radius 2 is 1.76 bits per heavy atom. The van der Waals surface area contributed by atoms with Gasteiger partial charge in [0.25, 0.3) is 0 Å². The zero-order chi connectivity index (χ0) is 32.8. The topological polar surface area (TPSA) is 81.8 Å². The minimum atomic E-state index is -4.74. The molecule has 1 amide bonds. The van der Waals surface area contributed by atoms with Crippen LogP contribution in [0.1, 0.15) is 50.2 Å². The lowest BCUT2D eigenvalue weighted by molar-refractivity contribution is -0.274. The van der Waals surface area contributed by atoms with Gasteiger partial charge in [-0.05, 0) is 66.6 Å². The molecule has 0 atom stereocenters. The van der Waals surface area contributed by atoms with Gasteiger partial charge in [0.05, 0.1) is 24.2 Å². The zero-order valence-electron chi connectivity index (χ0n) is 25.5. The molecule has 46 heavy (non-hydrogen) atoms. The summed E-state index contributed by atoms with van der Waals surface area (Å²) in [6.45, 7) is 4.18. The summed E-state index contributed by atoms with van der Waals surface area (Å²) in [7, 11) is 1.61. The first-order valence-corrected chi connectivity index (χ1v) is 16.0. The van der Waals surface area contributed by atoms with Crippen molar-refractivity contribution < 1.29 is 27.4 Å². The molecule has 3 aromatic carbocycles. The van der Waals surface area contributed by atoms with E-state index >= 15 is 0 Å². The van der Waals surface area contributed by atoms with Crippen LogP contribution < -0.4 is 14.4 Å². The molecule has 0 bridgehead atoms. The molecule has 0 saturated carbocycles. The van der Waals surface area contributed by atoms with E-state index in [1.807, 2.05) is 42.5 Å². The van der Waals surface area contributed by atoms with Gasteiger partial charge in [-0.15, -0.1) is 18.3 Å². The largest absolute Gasteiger partial charge is 0.573 e. The summed E-state index contributed by atoms with van der Waals surface area (Å²) in [5.41, 5.74) is 4.35. The van der Waals surface area contributed by atoms with Gasteiger partial charge in [-0.25, -0.2) is 14.7 Å². The Balaban J connectivity index is 1.14. The van der Waals surface area contributed by atoms with Gasteiger partial charge in [-0.3, -0.25) is 9.69 Å². The van der Waals surface area contributed by atoms with Crippen LogP contribution in [0.15, 0.2) is 78.0 Å². The fourth-order valence-corrected chi connectivity index (χ4v) is 6.10. The summed E-state index contributed by atoms with van der Waals surface area (Å²) in [6.07, 6.45) is 0.0215. The minimum Gasteiger partial charge on any atom is -0.497 e. The Kier molecular flexibility index (Phi) is 10.4. The van der Waals surface area contributed by atoms with Gasteiger partial charge in [-0.2, -0.15) is 0 Å². The average Bonchev–Trinajstić information content (AvgIpc) is 3.66. The highest BCUT2D eigenvalue weighted by molar-refractivity contribution is 8.15. The van der Waals surface area contributed by atoms with Crippen molar-refractivity contribution in [2.45, 2.75) is 51.8 Å². The third-order valence-electron chi connectivity index (χ3n) is 7.23. The monoisotopic (exact) mass is 667 g/mol. The predicted octanol–water partition coefficient (Wildman–Crippen LogP) is 8.14. The van der Waals surface area contributed by atoms with E-state index in [1.54, 1.807) is 12.0 Å². The van der Waals surface area contributed by atoms with Crippen LogP contribution >= 0.6 is 24.0 Å². The summed E-state index contributed by atoms with van der Waals surface area (Å²) in [5, 5.41) is 5.06. The first-order valence-electron chi connectivity index (χ1n) is 14.6. The zero-order valence-corrected chi connectivity index (χ0v) is 27.1. The number of anilines is 1. The van der Waals surface area contributed by atoms with Crippen LogP contribution in [0.4, 0.5) is 18.9 Å². The van der Waals surface area contributed by atoms with Gasteiger partial charge in [0.15, 0.2) is 11.0 Å². The minimum absolute atomic E-state index is 0.0271. The molecule has 2 heterocycles. The molecule has 0 aliphatic carbocycles. The maximum Gasteiger partial charge on any atom is 0.573 e. The Labute approximate surface area is 274 Å². The van der Waals surface area contributed by atoms with Crippen LogP contribution in [0.5, 0.6) is 11.5 Å². The fourth-order valence-electron chi connectivity index (χ4n) is 4.92. The van der Waals surface area contributed by atoms with E-state index in [2.05, 4.69) is 33.7 Å². The number of amidine groups is 1. The van der Waals surface area contributed by atoms with Crippen molar-refractivity contribution >= 4 is 45.7 Å². The van der Waals surface area contributed by atoms with Crippen molar-refractivity contribution in [3.63, 3.8) is 0 Å². The number of alkyl halides is 3. The number of aryl methyl sites for hydroxylation is 1. The van der Waals surface area contributed by atoms with Gasteiger partial charge in [0.2, 0.25) is 5.91 Å². The molecular weight excluding hydrogens is 636 g/mol. The fraction of sp³-hybridized carbons (Fsp3) is 0.303. The number of hydrogen-bond donors (Lipinski definition) is 0. The van der Waals surface area contributed by atoms with Crippen LogP contribution in [0.3, 0.4) is 0 Å². The number of hydrogen-bond acceptors (Lipinski definition) is 7. The number of thiocarbonyl (C=S) groups is 1. The number of carbonyl (C=O) groups excluding carboxylic acids is 1. The number of aromatic nitrogens is 3. The maximum atomic E-state index is 12.9. The molecule has 240 valence electrons. The van der Waals surface area contributed by atoms with Crippen molar-refractivity contribution in [3.8, 4) is 28.6 Å². The number of rotatable bonds is 11. The predicted molar refractivity (Wildman–Crippen MR) is 178 cm³/mol. The van der Waals surface area contributed by atoms with Gasteiger partial charge < -0.3 is 9.47 Å². The number of carbonyl (C=O) groups is 1. The highest BCUT2D eigenvalue weighted by Gasteiger charge is 2.32. The van der Waals surface area contributed by atoms with E-state index in [4.69, 9.17) is 17.0 Å². The summed E-state index contributed by atoms with van der Waals surface area (Å²) < 4.78 is 48.1. The molecule has 1 aromatic heterocycles. The number of nitrogens with zero attached hydrogens (tertiary/aromatic N) is 5.